The second-order valence-corrected chi connectivity index (χ2v) is 8.93. The van der Waals surface area contributed by atoms with Crippen LogP contribution in [0.25, 0.3) is 0 Å². The number of nitrogens with one attached hydrogen (secondary N) is 1. The van der Waals surface area contributed by atoms with Gasteiger partial charge in [-0.15, -0.1) is 0 Å². The fourth-order valence-electron chi connectivity index (χ4n) is 3.75. The van der Waals surface area contributed by atoms with Gasteiger partial charge >= 0.3 is 12.3 Å². The molecule has 15 heteroatoms. The zero-order valence-corrected chi connectivity index (χ0v) is 21.3. The number of aliphatic hydroxyl groups excluding tert-OH is 1. The van der Waals surface area contributed by atoms with Crippen LogP contribution in [0.5, 0.6) is 5.75 Å². The van der Waals surface area contributed by atoms with Crippen LogP contribution in [-0.4, -0.2) is 73.1 Å². The lowest BCUT2D eigenvalue weighted by atomic mass is 9.85. The summed E-state index contributed by atoms with van der Waals surface area (Å²) < 4.78 is 85.4. The van der Waals surface area contributed by atoms with E-state index in [2.05, 4.69) is 15.4 Å². The summed E-state index contributed by atoms with van der Waals surface area (Å²) in [5, 5.41) is 28.3. The van der Waals surface area contributed by atoms with Crippen molar-refractivity contribution < 1.29 is 41.3 Å². The van der Waals surface area contributed by atoms with Crippen molar-refractivity contribution in [2.24, 2.45) is 0 Å². The number of nitrogens with zero attached hydrogens (tertiary/aromatic N) is 4. The number of benzene rings is 2. The molecule has 0 aliphatic carbocycles. The van der Waals surface area contributed by atoms with Gasteiger partial charge in [0.2, 0.25) is 0 Å². The molecule has 39 heavy (non-hydrogen) atoms. The molecule has 2 unspecified atom stereocenters. The van der Waals surface area contributed by atoms with E-state index >= 15 is 0 Å². The highest BCUT2D eigenvalue weighted by atomic mass is 32.1. The number of hydrogen-bond donors (Lipinski definition) is 3. The fraction of sp³-hybridized carbons (Fsp3) is 0.375. The molecule has 1 heterocycles. The Morgan fingerprint density at radius 2 is 1.87 bits per heavy atom. The minimum absolute atomic E-state index is 0.0195. The third-order valence-corrected chi connectivity index (χ3v) is 6.22. The molecule has 0 radical (unpaired) electrons. The smallest absolute Gasteiger partial charge is 0.340 e. The number of halogens is 6. The summed E-state index contributed by atoms with van der Waals surface area (Å²) in [5.41, 5.74) is -1.98. The van der Waals surface area contributed by atoms with Crippen LogP contribution in [0.3, 0.4) is 0 Å². The van der Waals surface area contributed by atoms with Gasteiger partial charge in [-0.3, -0.25) is 0 Å². The molecule has 0 spiro atoms. The lowest BCUT2D eigenvalue weighted by Gasteiger charge is -2.42. The number of thiocarbonyl (C=S) groups is 1. The van der Waals surface area contributed by atoms with Gasteiger partial charge in [-0.05, 0) is 49.5 Å². The van der Waals surface area contributed by atoms with Gasteiger partial charge in [-0.25, -0.2) is 27.2 Å². The number of ether oxygens (including phenoxy) is 1. The molecule has 2 aromatic carbocycles. The van der Waals surface area contributed by atoms with Gasteiger partial charge in [0.1, 0.15) is 35.6 Å². The Morgan fingerprint density at radius 1 is 1.18 bits per heavy atom. The highest BCUT2D eigenvalue weighted by Gasteiger charge is 2.43. The van der Waals surface area contributed by atoms with Crippen molar-refractivity contribution in [2.45, 2.75) is 37.5 Å². The van der Waals surface area contributed by atoms with Crippen molar-refractivity contribution >= 4 is 23.0 Å². The quantitative estimate of drug-likeness (QED) is 0.221. The molecule has 2 atom stereocenters. The Balaban J connectivity index is 1.83. The first-order chi connectivity index (χ1) is 18.4. The Hall–Kier alpha value is -3.43. The van der Waals surface area contributed by atoms with Crippen molar-refractivity contribution in [3.8, 4) is 5.75 Å². The first-order valence-electron chi connectivity index (χ1n) is 11.4. The summed E-state index contributed by atoms with van der Waals surface area (Å²) in [7, 11) is 0. The lowest BCUT2D eigenvalue weighted by Crippen LogP contribution is -2.55. The van der Waals surface area contributed by atoms with Crippen LogP contribution in [0.15, 0.2) is 55.1 Å². The molecular weight excluding hydrogens is 552 g/mol. The lowest BCUT2D eigenvalue weighted by molar-refractivity contribution is -0.148. The fourth-order valence-corrected chi connectivity index (χ4v) is 4.12. The maximum atomic E-state index is 14.9. The molecule has 0 aliphatic rings. The number of aromatic nitrogens is 3. The van der Waals surface area contributed by atoms with E-state index < -0.39 is 48.8 Å². The van der Waals surface area contributed by atoms with Crippen LogP contribution in [0.2, 0.25) is 0 Å². The van der Waals surface area contributed by atoms with Gasteiger partial charge in [0, 0.05) is 23.9 Å². The Bertz CT molecular complexity index is 1240. The SMILES string of the molecule is CC(N(CCO)C(=S)Nc1ccc(OCC(F)(F)C(F)F)cc1)C(O)(Cn1cncn1)c1ccc(F)cc1F. The maximum Gasteiger partial charge on any atom is 0.340 e. The zero-order valence-electron chi connectivity index (χ0n) is 20.4. The largest absolute Gasteiger partial charge is 0.487 e. The number of hydrogen-bond acceptors (Lipinski definition) is 6. The second kappa shape index (κ2) is 12.6. The Labute approximate surface area is 224 Å². The monoisotopic (exact) mass is 577 g/mol. The summed E-state index contributed by atoms with van der Waals surface area (Å²) in [6, 6.07) is 6.95. The normalized spacial score (nSPS) is 14.1. The minimum Gasteiger partial charge on any atom is -0.487 e. The molecule has 0 saturated heterocycles. The molecular formula is C24H25F6N5O3S. The first kappa shape index (κ1) is 30.1. The molecule has 8 nitrogen and oxygen atoms in total. The molecule has 3 N–H and O–H groups in total. The van der Waals surface area contributed by atoms with E-state index in [9.17, 15) is 36.6 Å². The van der Waals surface area contributed by atoms with Crippen LogP contribution >= 0.6 is 12.2 Å². The van der Waals surface area contributed by atoms with Gasteiger partial charge in [-0.1, -0.05) is 6.07 Å². The van der Waals surface area contributed by atoms with Crippen molar-refractivity contribution in [1.29, 1.82) is 0 Å². The number of aliphatic hydroxyl groups is 2. The van der Waals surface area contributed by atoms with E-state index in [-0.39, 0.29) is 29.5 Å². The van der Waals surface area contributed by atoms with Gasteiger partial charge < -0.3 is 25.2 Å². The predicted octanol–water partition coefficient (Wildman–Crippen LogP) is 3.80. The maximum absolute atomic E-state index is 14.9. The van der Waals surface area contributed by atoms with Crippen LogP contribution in [0, 0.1) is 11.6 Å². The molecule has 212 valence electrons. The van der Waals surface area contributed by atoms with Gasteiger partial charge in [0.25, 0.3) is 0 Å². The summed E-state index contributed by atoms with van der Waals surface area (Å²) in [6.45, 7) is -0.829. The Kier molecular flexibility index (Phi) is 9.74. The third kappa shape index (κ3) is 7.36. The number of anilines is 1. The van der Waals surface area contributed by atoms with Crippen molar-refractivity contribution in [3.63, 3.8) is 0 Å². The highest BCUT2D eigenvalue weighted by Crippen LogP contribution is 2.33. The zero-order chi connectivity index (χ0) is 28.8. The molecule has 1 aromatic heterocycles. The topological polar surface area (TPSA) is 95.7 Å². The van der Waals surface area contributed by atoms with Gasteiger partial charge in [0.05, 0.1) is 19.2 Å². The van der Waals surface area contributed by atoms with Gasteiger partial charge in [0.15, 0.2) is 11.7 Å². The average Bonchev–Trinajstić information content (AvgIpc) is 3.39. The number of alkyl halides is 4. The minimum atomic E-state index is -4.31. The van der Waals surface area contributed by atoms with E-state index in [4.69, 9.17) is 17.0 Å². The standard InChI is InChI=1S/C24H25F6N5O3S/c1-15(23(37,11-34-14-31-13-32-34)19-7-2-16(25)10-20(19)26)35(8-9-36)22(39)33-17-3-5-18(6-4-17)38-12-24(29,30)21(27)28/h2-7,10,13-15,21,36-37H,8-9,11-12H2,1H3,(H,33,39). The van der Waals surface area contributed by atoms with E-state index in [0.29, 0.717) is 11.8 Å². The van der Waals surface area contributed by atoms with Crippen LogP contribution in [0.1, 0.15) is 12.5 Å². The molecule has 0 saturated carbocycles. The van der Waals surface area contributed by atoms with E-state index in [1.807, 2.05) is 0 Å². The van der Waals surface area contributed by atoms with E-state index in [0.717, 1.165) is 12.1 Å². The molecule has 0 amide bonds. The summed E-state index contributed by atoms with van der Waals surface area (Å²) in [6.07, 6.45) is -1.36. The van der Waals surface area contributed by atoms with Crippen molar-refractivity contribution in [2.75, 3.05) is 25.1 Å². The highest BCUT2D eigenvalue weighted by molar-refractivity contribution is 7.80. The first-order valence-corrected chi connectivity index (χ1v) is 11.9. The van der Waals surface area contributed by atoms with Gasteiger partial charge in [-0.2, -0.15) is 13.9 Å². The summed E-state index contributed by atoms with van der Waals surface area (Å²) in [4.78, 5) is 5.19. The van der Waals surface area contributed by atoms with Crippen LogP contribution in [0.4, 0.5) is 32.0 Å². The Morgan fingerprint density at radius 3 is 2.44 bits per heavy atom. The predicted molar refractivity (Wildman–Crippen MR) is 133 cm³/mol. The summed E-state index contributed by atoms with van der Waals surface area (Å²) in [5.74, 6) is -6.27. The average molecular weight is 578 g/mol. The molecule has 0 bridgehead atoms. The summed E-state index contributed by atoms with van der Waals surface area (Å²) >= 11 is 5.47. The molecule has 3 rings (SSSR count). The number of rotatable bonds is 12. The van der Waals surface area contributed by atoms with E-state index in [1.54, 1.807) is 0 Å². The van der Waals surface area contributed by atoms with Crippen molar-refractivity contribution in [1.82, 2.24) is 19.7 Å². The molecule has 3 aromatic rings. The van der Waals surface area contributed by atoms with Crippen LogP contribution in [-0.2, 0) is 12.1 Å². The molecule has 0 aliphatic heterocycles. The third-order valence-electron chi connectivity index (χ3n) is 5.88. The second-order valence-electron chi connectivity index (χ2n) is 8.54. The van der Waals surface area contributed by atoms with E-state index in [1.165, 1.54) is 53.4 Å². The van der Waals surface area contributed by atoms with Crippen LogP contribution < -0.4 is 10.1 Å². The van der Waals surface area contributed by atoms with Crippen molar-refractivity contribution in [3.05, 3.63) is 72.3 Å². The molecule has 0 fully saturated rings.